The largest absolute Gasteiger partial charge is 0.460 e. The molecule has 8 heteroatoms. The van der Waals surface area contributed by atoms with Gasteiger partial charge in [-0.15, -0.1) is 0 Å². The van der Waals surface area contributed by atoms with Crippen LogP contribution in [0.5, 0.6) is 0 Å². The van der Waals surface area contributed by atoms with Crippen molar-refractivity contribution in [2.45, 2.75) is 13.8 Å². The Morgan fingerprint density at radius 1 is 1.19 bits per heavy atom. The fourth-order valence-corrected chi connectivity index (χ4v) is 2.76. The molecule has 3 aromatic rings. The number of amides is 2. The van der Waals surface area contributed by atoms with Gasteiger partial charge in [0.1, 0.15) is 11.5 Å². The minimum Gasteiger partial charge on any atom is -0.460 e. The van der Waals surface area contributed by atoms with Crippen LogP contribution in [0.1, 0.15) is 11.3 Å². The molecular weight excluding hydrogens is 354 g/mol. The summed E-state index contributed by atoms with van der Waals surface area (Å²) in [6, 6.07) is 8.63. The van der Waals surface area contributed by atoms with E-state index in [1.54, 1.807) is 12.1 Å². The summed E-state index contributed by atoms with van der Waals surface area (Å²) in [5.74, 6) is 1.91. The summed E-state index contributed by atoms with van der Waals surface area (Å²) in [5, 5.41) is 13.2. The molecule has 2 amide bonds. The van der Waals surface area contributed by atoms with Gasteiger partial charge in [-0.1, -0.05) is 11.6 Å². The second kappa shape index (κ2) is 7.13. The number of anilines is 3. The summed E-state index contributed by atoms with van der Waals surface area (Å²) < 4.78 is 5.60. The van der Waals surface area contributed by atoms with E-state index in [4.69, 9.17) is 16.0 Å². The normalized spacial score (nSPS) is 10.7. The first-order valence-corrected chi connectivity index (χ1v) is 8.39. The molecule has 1 aromatic carbocycles. The molecule has 26 heavy (non-hydrogen) atoms. The molecule has 0 aliphatic rings. The number of carbonyl (C=O) groups is 1. The lowest BCUT2D eigenvalue weighted by molar-refractivity contribution is 0.262. The minimum absolute atomic E-state index is 0.410. The van der Waals surface area contributed by atoms with E-state index in [1.165, 1.54) is 0 Å². The van der Waals surface area contributed by atoms with Gasteiger partial charge >= 0.3 is 6.03 Å². The molecule has 0 radical (unpaired) electrons. The molecule has 3 rings (SSSR count). The quantitative estimate of drug-likeness (QED) is 0.621. The highest BCUT2D eigenvalue weighted by atomic mass is 35.5. The molecule has 2 heterocycles. The van der Waals surface area contributed by atoms with Crippen LogP contribution in [0.4, 0.5) is 22.0 Å². The molecule has 0 atom stereocenters. The van der Waals surface area contributed by atoms with Crippen molar-refractivity contribution in [1.82, 2.24) is 10.2 Å². The lowest BCUT2D eigenvalue weighted by Gasteiger charge is -2.18. The van der Waals surface area contributed by atoms with Gasteiger partial charge in [-0.25, -0.2) is 4.79 Å². The Morgan fingerprint density at radius 2 is 1.96 bits per heavy atom. The van der Waals surface area contributed by atoms with Crippen LogP contribution >= 0.6 is 11.6 Å². The lowest BCUT2D eigenvalue weighted by atomic mass is 10.2. The maximum atomic E-state index is 12.4. The monoisotopic (exact) mass is 373 g/mol. The highest BCUT2D eigenvalue weighted by Gasteiger charge is 2.16. The topological polar surface area (TPSA) is 86.2 Å². The molecule has 0 saturated heterocycles. The number of nitrogens with one attached hydrogen (secondary N) is 3. The van der Waals surface area contributed by atoms with Crippen LogP contribution in [0.2, 0.25) is 5.02 Å². The molecule has 7 nitrogen and oxygen atoms in total. The number of urea groups is 1. The van der Waals surface area contributed by atoms with Crippen LogP contribution in [0.15, 0.2) is 34.7 Å². The first kappa shape index (κ1) is 17.9. The van der Waals surface area contributed by atoms with Crippen molar-refractivity contribution in [1.29, 1.82) is 0 Å². The number of hydrogen-bond acceptors (Lipinski definition) is 4. The molecule has 0 saturated carbocycles. The van der Waals surface area contributed by atoms with Crippen molar-refractivity contribution in [3.8, 4) is 11.5 Å². The van der Waals surface area contributed by atoms with E-state index in [0.29, 0.717) is 22.3 Å². The SMILES string of the molecule is Cc1ccc(-c2[nH]nc(NC(=O)Nc3cc(Cl)ccc3N(C)C)c2C)o1. The van der Waals surface area contributed by atoms with E-state index in [9.17, 15) is 4.79 Å². The zero-order chi connectivity index (χ0) is 18.8. The van der Waals surface area contributed by atoms with Crippen molar-refractivity contribution in [3.63, 3.8) is 0 Å². The van der Waals surface area contributed by atoms with Gasteiger partial charge in [-0.2, -0.15) is 5.10 Å². The third kappa shape index (κ3) is 3.67. The van der Waals surface area contributed by atoms with E-state index in [2.05, 4.69) is 20.8 Å². The molecule has 0 fully saturated rings. The van der Waals surface area contributed by atoms with E-state index in [-0.39, 0.29) is 0 Å². The molecule has 0 spiro atoms. The third-order valence-electron chi connectivity index (χ3n) is 3.92. The average Bonchev–Trinajstić information content (AvgIpc) is 3.13. The van der Waals surface area contributed by atoms with Crippen molar-refractivity contribution in [3.05, 3.63) is 46.7 Å². The summed E-state index contributed by atoms with van der Waals surface area (Å²) in [4.78, 5) is 14.3. The maximum absolute atomic E-state index is 12.4. The Kier molecular flexibility index (Phi) is 4.90. The smallest absolute Gasteiger partial charge is 0.324 e. The van der Waals surface area contributed by atoms with Crippen LogP contribution in [-0.4, -0.2) is 30.3 Å². The summed E-state index contributed by atoms with van der Waals surface area (Å²) in [5.41, 5.74) is 2.96. The molecule has 136 valence electrons. The molecule has 3 N–H and O–H groups in total. The fraction of sp³-hybridized carbons (Fsp3) is 0.222. The average molecular weight is 374 g/mol. The fourth-order valence-electron chi connectivity index (χ4n) is 2.59. The van der Waals surface area contributed by atoms with Gasteiger partial charge in [-0.3, -0.25) is 10.4 Å². The van der Waals surface area contributed by atoms with E-state index < -0.39 is 6.03 Å². The summed E-state index contributed by atoms with van der Waals surface area (Å²) in [6.45, 7) is 3.73. The van der Waals surface area contributed by atoms with Crippen LogP contribution in [0.25, 0.3) is 11.5 Å². The minimum atomic E-state index is -0.410. The van der Waals surface area contributed by atoms with E-state index in [0.717, 1.165) is 22.7 Å². The number of hydrogen-bond donors (Lipinski definition) is 3. The van der Waals surface area contributed by atoms with Gasteiger partial charge in [-0.05, 0) is 44.2 Å². The number of nitrogens with zero attached hydrogens (tertiary/aromatic N) is 2. The van der Waals surface area contributed by atoms with Crippen LogP contribution in [0, 0.1) is 13.8 Å². The highest BCUT2D eigenvalue weighted by molar-refractivity contribution is 6.31. The number of benzene rings is 1. The van der Waals surface area contributed by atoms with E-state index >= 15 is 0 Å². The maximum Gasteiger partial charge on any atom is 0.324 e. The number of H-pyrrole nitrogens is 1. The summed E-state index contributed by atoms with van der Waals surface area (Å²) in [6.07, 6.45) is 0. The number of halogens is 1. The number of aromatic nitrogens is 2. The van der Waals surface area contributed by atoms with Gasteiger partial charge in [0.2, 0.25) is 0 Å². The van der Waals surface area contributed by atoms with Crippen molar-refractivity contribution < 1.29 is 9.21 Å². The van der Waals surface area contributed by atoms with Gasteiger partial charge < -0.3 is 14.6 Å². The summed E-state index contributed by atoms with van der Waals surface area (Å²) in [7, 11) is 3.78. The second-order valence-corrected chi connectivity index (χ2v) is 6.55. The predicted molar refractivity (Wildman–Crippen MR) is 104 cm³/mol. The Labute approximate surface area is 156 Å². The van der Waals surface area contributed by atoms with Gasteiger partial charge in [0.25, 0.3) is 0 Å². The second-order valence-electron chi connectivity index (χ2n) is 6.12. The van der Waals surface area contributed by atoms with Gasteiger partial charge in [0.15, 0.2) is 11.6 Å². The van der Waals surface area contributed by atoms with Crippen LogP contribution < -0.4 is 15.5 Å². The number of furan rings is 1. The van der Waals surface area contributed by atoms with Crippen LogP contribution in [-0.2, 0) is 0 Å². The number of aryl methyl sites for hydroxylation is 1. The van der Waals surface area contributed by atoms with Crippen molar-refractivity contribution in [2.75, 3.05) is 29.6 Å². The zero-order valence-electron chi connectivity index (χ0n) is 15.0. The Hall–Kier alpha value is -2.93. The Bertz CT molecular complexity index is 945. The summed E-state index contributed by atoms with van der Waals surface area (Å²) >= 11 is 6.05. The van der Waals surface area contributed by atoms with Crippen molar-refractivity contribution >= 4 is 34.8 Å². The zero-order valence-corrected chi connectivity index (χ0v) is 15.7. The molecule has 2 aromatic heterocycles. The molecule has 0 bridgehead atoms. The molecular formula is C18H20ClN5O2. The Morgan fingerprint density at radius 3 is 2.62 bits per heavy atom. The van der Waals surface area contributed by atoms with Gasteiger partial charge in [0, 0.05) is 24.7 Å². The highest BCUT2D eigenvalue weighted by Crippen LogP contribution is 2.29. The predicted octanol–water partition coefficient (Wildman–Crippen LogP) is 4.65. The molecule has 0 unspecified atom stereocenters. The van der Waals surface area contributed by atoms with Gasteiger partial charge in [0.05, 0.1) is 11.4 Å². The first-order chi connectivity index (χ1) is 12.3. The number of rotatable bonds is 4. The standard InChI is InChI=1S/C18H20ClN5O2/c1-10-5-8-15(26-10)16-11(2)17(23-22-16)21-18(25)20-13-9-12(19)6-7-14(13)24(3)4/h5-9H,1-4H3,(H3,20,21,22,23,25). The number of carbonyl (C=O) groups excluding carboxylic acids is 1. The molecule has 0 aliphatic carbocycles. The Balaban J connectivity index is 1.77. The first-order valence-electron chi connectivity index (χ1n) is 8.02. The molecule has 0 aliphatic heterocycles. The lowest BCUT2D eigenvalue weighted by Crippen LogP contribution is -2.22. The van der Waals surface area contributed by atoms with Crippen molar-refractivity contribution in [2.24, 2.45) is 0 Å². The third-order valence-corrected chi connectivity index (χ3v) is 4.15. The number of aromatic amines is 1. The van der Waals surface area contributed by atoms with Crippen LogP contribution in [0.3, 0.4) is 0 Å². The van der Waals surface area contributed by atoms with E-state index in [1.807, 2.05) is 51.0 Å².